The van der Waals surface area contributed by atoms with Crippen molar-refractivity contribution in [1.29, 1.82) is 0 Å². The summed E-state index contributed by atoms with van der Waals surface area (Å²) in [7, 11) is 4.01. The fraction of sp³-hybridized carbons (Fsp3) is 0.385. The molecule has 0 radical (unpaired) electrons. The number of likely N-dealkylation sites (N-methyl/N-ethyl adjacent to an activating group) is 1. The Morgan fingerprint density at radius 1 is 1.09 bits per heavy atom. The monoisotopic (exact) mass is 479 g/mol. The molecule has 1 aromatic heterocycles. The molecule has 9 heteroatoms. The number of ether oxygens (including phenoxy) is 2. The molecule has 1 aliphatic heterocycles. The summed E-state index contributed by atoms with van der Waals surface area (Å²) >= 11 is 0. The predicted octanol–water partition coefficient (Wildman–Crippen LogP) is 2.76. The van der Waals surface area contributed by atoms with Crippen molar-refractivity contribution < 1.29 is 19.1 Å². The standard InChI is InChI=1S/C26H33N5O4/c1-29(2)10-15-35-23-5-3-4-20(16-23)18-27-26(33)28-22-6-7-24-21(17-22)8-9-31(24)19-25(32)30-11-13-34-14-12-30/h3-9,16-17H,10-15,18-19H2,1-2H3,(H2,27,28,33). The Labute approximate surface area is 205 Å². The van der Waals surface area contributed by atoms with Crippen LogP contribution in [0.25, 0.3) is 10.9 Å². The average Bonchev–Trinajstić information content (AvgIpc) is 3.25. The first kappa shape index (κ1) is 24.6. The Balaban J connectivity index is 1.29. The van der Waals surface area contributed by atoms with Gasteiger partial charge in [-0.25, -0.2) is 4.79 Å². The molecule has 1 aliphatic rings. The van der Waals surface area contributed by atoms with E-state index < -0.39 is 0 Å². The molecule has 2 N–H and O–H groups in total. The summed E-state index contributed by atoms with van der Waals surface area (Å²) in [6, 6.07) is 15.1. The zero-order valence-electron chi connectivity index (χ0n) is 20.3. The zero-order chi connectivity index (χ0) is 24.6. The number of carbonyl (C=O) groups excluding carboxylic acids is 2. The van der Waals surface area contributed by atoms with E-state index in [0.717, 1.165) is 28.8 Å². The van der Waals surface area contributed by atoms with Crippen molar-refractivity contribution in [1.82, 2.24) is 19.7 Å². The lowest BCUT2D eigenvalue weighted by Gasteiger charge is -2.27. The summed E-state index contributed by atoms with van der Waals surface area (Å²) in [6.07, 6.45) is 1.90. The molecule has 0 unspecified atom stereocenters. The van der Waals surface area contributed by atoms with Crippen molar-refractivity contribution in [2.45, 2.75) is 13.1 Å². The van der Waals surface area contributed by atoms with Crippen LogP contribution in [-0.4, -0.2) is 79.9 Å². The van der Waals surface area contributed by atoms with Gasteiger partial charge in [0.25, 0.3) is 0 Å². The van der Waals surface area contributed by atoms with E-state index in [2.05, 4.69) is 15.5 Å². The highest BCUT2D eigenvalue weighted by Gasteiger charge is 2.17. The van der Waals surface area contributed by atoms with Crippen LogP contribution in [0.15, 0.2) is 54.7 Å². The van der Waals surface area contributed by atoms with Crippen LogP contribution in [0, 0.1) is 0 Å². The van der Waals surface area contributed by atoms with Crippen molar-refractivity contribution in [2.75, 3.05) is 58.9 Å². The Bertz CT molecular complexity index is 1150. The summed E-state index contributed by atoms with van der Waals surface area (Å²) in [5, 5.41) is 6.73. The molecule has 3 aromatic rings. The van der Waals surface area contributed by atoms with E-state index in [9.17, 15) is 9.59 Å². The molecule has 9 nitrogen and oxygen atoms in total. The van der Waals surface area contributed by atoms with Crippen LogP contribution in [-0.2, 0) is 22.6 Å². The Kier molecular flexibility index (Phi) is 8.23. The van der Waals surface area contributed by atoms with E-state index >= 15 is 0 Å². The van der Waals surface area contributed by atoms with Gasteiger partial charge in [-0.05, 0) is 56.1 Å². The number of nitrogens with one attached hydrogen (secondary N) is 2. The van der Waals surface area contributed by atoms with Gasteiger partial charge in [-0.1, -0.05) is 12.1 Å². The van der Waals surface area contributed by atoms with Crippen molar-refractivity contribution >= 4 is 28.5 Å². The second-order valence-electron chi connectivity index (χ2n) is 8.82. The van der Waals surface area contributed by atoms with Gasteiger partial charge in [0.15, 0.2) is 0 Å². The molecule has 0 atom stereocenters. The van der Waals surface area contributed by atoms with E-state index in [0.29, 0.717) is 45.1 Å². The van der Waals surface area contributed by atoms with E-state index in [4.69, 9.17) is 9.47 Å². The molecule has 0 spiro atoms. The van der Waals surface area contributed by atoms with Gasteiger partial charge in [-0.3, -0.25) is 4.79 Å². The number of carbonyl (C=O) groups is 2. The quantitative estimate of drug-likeness (QED) is 0.493. The highest BCUT2D eigenvalue weighted by Crippen LogP contribution is 2.21. The molecule has 1 saturated heterocycles. The number of rotatable bonds is 9. The number of urea groups is 1. The second kappa shape index (κ2) is 11.7. The topological polar surface area (TPSA) is 88.1 Å². The average molecular weight is 480 g/mol. The maximum atomic E-state index is 12.6. The largest absolute Gasteiger partial charge is 0.492 e. The van der Waals surface area contributed by atoms with Gasteiger partial charge in [0.1, 0.15) is 18.9 Å². The number of amides is 3. The molecule has 0 aliphatic carbocycles. The van der Waals surface area contributed by atoms with Crippen LogP contribution in [0.4, 0.5) is 10.5 Å². The highest BCUT2D eigenvalue weighted by molar-refractivity contribution is 5.93. The number of aromatic nitrogens is 1. The lowest BCUT2D eigenvalue weighted by molar-refractivity contribution is -0.135. The molecule has 1 fully saturated rings. The molecule has 3 amide bonds. The highest BCUT2D eigenvalue weighted by atomic mass is 16.5. The van der Waals surface area contributed by atoms with E-state index in [-0.39, 0.29) is 18.5 Å². The number of hydrogen-bond acceptors (Lipinski definition) is 5. The van der Waals surface area contributed by atoms with Crippen molar-refractivity contribution in [3.63, 3.8) is 0 Å². The molecular formula is C26H33N5O4. The Hall–Kier alpha value is -3.56. The maximum Gasteiger partial charge on any atom is 0.319 e. The fourth-order valence-corrected chi connectivity index (χ4v) is 3.92. The Morgan fingerprint density at radius 3 is 2.71 bits per heavy atom. The number of fused-ring (bicyclic) bond motifs is 1. The molecule has 2 aromatic carbocycles. The van der Waals surface area contributed by atoms with Gasteiger partial charge in [-0.15, -0.1) is 0 Å². The number of hydrogen-bond donors (Lipinski definition) is 2. The molecule has 35 heavy (non-hydrogen) atoms. The summed E-state index contributed by atoms with van der Waals surface area (Å²) in [5.41, 5.74) is 2.59. The minimum Gasteiger partial charge on any atom is -0.492 e. The number of benzene rings is 2. The SMILES string of the molecule is CN(C)CCOc1cccc(CNC(=O)Nc2ccc3c(ccn3CC(=O)N3CCOCC3)c2)c1. The lowest BCUT2D eigenvalue weighted by Crippen LogP contribution is -2.42. The van der Waals surface area contributed by atoms with Crippen LogP contribution in [0.2, 0.25) is 0 Å². The molecule has 0 bridgehead atoms. The zero-order valence-corrected chi connectivity index (χ0v) is 20.3. The van der Waals surface area contributed by atoms with E-state index in [1.165, 1.54) is 0 Å². The van der Waals surface area contributed by atoms with Crippen LogP contribution in [0.5, 0.6) is 5.75 Å². The summed E-state index contributed by atoms with van der Waals surface area (Å²) in [5.74, 6) is 0.869. The molecule has 186 valence electrons. The number of anilines is 1. The van der Waals surface area contributed by atoms with Crippen LogP contribution < -0.4 is 15.4 Å². The first-order chi connectivity index (χ1) is 17.0. The molecule has 0 saturated carbocycles. The fourth-order valence-electron chi connectivity index (χ4n) is 3.92. The third-order valence-corrected chi connectivity index (χ3v) is 5.86. The number of nitrogens with zero attached hydrogens (tertiary/aromatic N) is 3. The number of morpholine rings is 1. The van der Waals surface area contributed by atoms with Gasteiger partial charge >= 0.3 is 6.03 Å². The second-order valence-corrected chi connectivity index (χ2v) is 8.82. The summed E-state index contributed by atoms with van der Waals surface area (Å²) in [4.78, 5) is 28.9. The first-order valence-corrected chi connectivity index (χ1v) is 11.8. The van der Waals surface area contributed by atoms with Crippen molar-refractivity contribution in [2.24, 2.45) is 0 Å². The third-order valence-electron chi connectivity index (χ3n) is 5.86. The third kappa shape index (κ3) is 6.97. The predicted molar refractivity (Wildman–Crippen MR) is 136 cm³/mol. The van der Waals surface area contributed by atoms with Crippen LogP contribution in [0.3, 0.4) is 0 Å². The van der Waals surface area contributed by atoms with Crippen LogP contribution in [0.1, 0.15) is 5.56 Å². The molecule has 4 rings (SSSR count). The minimum absolute atomic E-state index is 0.0829. The normalized spacial score (nSPS) is 13.7. The molecule has 2 heterocycles. The van der Waals surface area contributed by atoms with Gasteiger partial charge in [-0.2, -0.15) is 0 Å². The van der Waals surface area contributed by atoms with Gasteiger partial charge in [0, 0.05) is 49.0 Å². The van der Waals surface area contributed by atoms with Crippen LogP contribution >= 0.6 is 0 Å². The van der Waals surface area contributed by atoms with Crippen molar-refractivity contribution in [3.05, 3.63) is 60.3 Å². The smallest absolute Gasteiger partial charge is 0.319 e. The summed E-state index contributed by atoms with van der Waals surface area (Å²) < 4.78 is 13.0. The maximum absolute atomic E-state index is 12.6. The van der Waals surface area contributed by atoms with Gasteiger partial charge < -0.3 is 34.5 Å². The molecular weight excluding hydrogens is 446 g/mol. The Morgan fingerprint density at radius 2 is 1.91 bits per heavy atom. The van der Waals surface area contributed by atoms with Gasteiger partial charge in [0.2, 0.25) is 5.91 Å². The van der Waals surface area contributed by atoms with E-state index in [1.807, 2.05) is 78.3 Å². The van der Waals surface area contributed by atoms with E-state index in [1.54, 1.807) is 0 Å². The summed E-state index contributed by atoms with van der Waals surface area (Å²) in [6.45, 7) is 4.56. The lowest BCUT2D eigenvalue weighted by atomic mass is 10.2. The van der Waals surface area contributed by atoms with Gasteiger partial charge in [0.05, 0.1) is 13.2 Å². The van der Waals surface area contributed by atoms with Crippen molar-refractivity contribution in [3.8, 4) is 5.75 Å². The minimum atomic E-state index is -0.287. The first-order valence-electron chi connectivity index (χ1n) is 11.8.